The van der Waals surface area contributed by atoms with Crippen LogP contribution in [0.1, 0.15) is 178 Å². The molecular formula is C44H62Si. The molecule has 0 atom stereocenters. The molecule has 4 rings (SSSR count). The molecule has 0 amide bonds. The lowest BCUT2D eigenvalue weighted by Crippen LogP contribution is -2.69. The summed E-state index contributed by atoms with van der Waals surface area (Å²) < 4.78 is 0. The summed E-state index contributed by atoms with van der Waals surface area (Å²) in [5.41, 5.74) is 10.5. The van der Waals surface area contributed by atoms with Gasteiger partial charge in [-0.15, -0.1) is 0 Å². The third kappa shape index (κ3) is 7.20. The van der Waals surface area contributed by atoms with Crippen LogP contribution < -0.4 is 15.6 Å². The molecule has 0 aliphatic heterocycles. The summed E-state index contributed by atoms with van der Waals surface area (Å²) in [6.45, 7) is 30.8. The second-order valence-corrected chi connectivity index (χ2v) is 19.5. The Kier molecular flexibility index (Phi) is 11.3. The van der Waals surface area contributed by atoms with Crippen LogP contribution in [0.15, 0.2) is 77.5 Å². The van der Waals surface area contributed by atoms with Crippen molar-refractivity contribution in [3.8, 4) is 0 Å². The van der Waals surface area contributed by atoms with Gasteiger partial charge in [-0.2, -0.15) is 0 Å². The average molecular weight is 619 g/mol. The lowest BCUT2D eigenvalue weighted by molar-refractivity contribution is 0.834. The second kappa shape index (κ2) is 14.4. The molecular weight excluding hydrogens is 557 g/mol. The Bertz CT molecular complexity index is 1310. The van der Waals surface area contributed by atoms with Gasteiger partial charge in [0, 0.05) is 0 Å². The van der Waals surface area contributed by atoms with E-state index in [1.54, 1.807) is 26.3 Å². The van der Waals surface area contributed by atoms with Gasteiger partial charge in [-0.05, 0) is 97.3 Å². The molecule has 0 unspecified atom stereocenters. The summed E-state index contributed by atoms with van der Waals surface area (Å²) in [6, 6.07) is 23.4. The summed E-state index contributed by atoms with van der Waals surface area (Å²) in [7, 11) is -2.74. The predicted octanol–water partition coefficient (Wildman–Crippen LogP) is 11.5. The largest absolute Gasteiger partial charge is 0.176 e. The number of rotatable bonds is 12. The standard InChI is InChI=1S/C44H62Si/c1-14-16-34-17-15-18-44(34)45(41-22-35(28(2)3)19-36(23-41)29(4)5,42-24-37(30(6)7)20-38(25-42)31(8)9)43-26-39(32(10)11)21-40(27-43)33(12)13/h15,17,19-33H,14,16,18H2,1-13H3. The maximum absolute atomic E-state index is 2.74. The van der Waals surface area contributed by atoms with Crippen LogP contribution in [0.3, 0.4) is 0 Å². The molecule has 0 saturated heterocycles. The topological polar surface area (TPSA) is 0 Å². The fraction of sp³-hybridized carbons (Fsp3) is 0.500. The zero-order valence-corrected chi connectivity index (χ0v) is 31.9. The molecule has 1 aliphatic carbocycles. The van der Waals surface area contributed by atoms with Crippen molar-refractivity contribution in [2.24, 2.45) is 0 Å². The molecule has 0 radical (unpaired) electrons. The summed E-state index contributed by atoms with van der Waals surface area (Å²) in [5, 5.41) is 6.45. The van der Waals surface area contributed by atoms with Crippen molar-refractivity contribution < 1.29 is 0 Å². The van der Waals surface area contributed by atoms with Gasteiger partial charge in [0.1, 0.15) is 0 Å². The third-order valence-electron chi connectivity index (χ3n) is 10.2. The van der Waals surface area contributed by atoms with E-state index in [1.165, 1.54) is 39.8 Å². The summed E-state index contributed by atoms with van der Waals surface area (Å²) in [5.74, 6) is 2.84. The van der Waals surface area contributed by atoms with Crippen molar-refractivity contribution >= 4 is 23.6 Å². The van der Waals surface area contributed by atoms with E-state index >= 15 is 0 Å². The van der Waals surface area contributed by atoms with Crippen molar-refractivity contribution in [3.05, 3.63) is 111 Å². The molecule has 0 fully saturated rings. The number of benzene rings is 3. The maximum Gasteiger partial charge on any atom is 0.176 e. The molecule has 0 nitrogen and oxygen atoms in total. The van der Waals surface area contributed by atoms with Gasteiger partial charge in [0.05, 0.1) is 0 Å². The molecule has 0 saturated carbocycles. The molecule has 3 aromatic carbocycles. The molecule has 0 heterocycles. The van der Waals surface area contributed by atoms with Crippen molar-refractivity contribution in [2.75, 3.05) is 0 Å². The summed E-state index contributed by atoms with van der Waals surface area (Å²) in [6.07, 6.45) is 8.33. The van der Waals surface area contributed by atoms with E-state index in [0.717, 1.165) is 12.8 Å². The fourth-order valence-corrected chi connectivity index (χ4v) is 12.6. The highest BCUT2D eigenvalue weighted by Crippen LogP contribution is 2.35. The Morgan fingerprint density at radius 2 is 0.756 bits per heavy atom. The number of allylic oxidation sites excluding steroid dienone is 4. The zero-order chi connectivity index (χ0) is 33.2. The molecule has 45 heavy (non-hydrogen) atoms. The minimum atomic E-state index is -2.74. The second-order valence-electron chi connectivity index (χ2n) is 15.7. The van der Waals surface area contributed by atoms with Crippen molar-refractivity contribution in [1.82, 2.24) is 0 Å². The molecule has 1 aliphatic rings. The number of hydrogen-bond acceptors (Lipinski definition) is 0. The Labute approximate surface area is 278 Å². The van der Waals surface area contributed by atoms with E-state index in [2.05, 4.69) is 157 Å². The molecule has 0 aromatic heterocycles. The van der Waals surface area contributed by atoms with Crippen LogP contribution >= 0.6 is 0 Å². The molecule has 0 bridgehead atoms. The fourth-order valence-electron chi connectivity index (χ4n) is 7.15. The SMILES string of the molecule is CCCC1=C([Si](c2cc(C(C)C)cc(C(C)C)c2)(c2cc(C(C)C)cc(C(C)C)c2)c2cc(C(C)C)cc(C(C)C)c2)CC=C1. The molecule has 242 valence electrons. The Morgan fingerprint density at radius 1 is 0.467 bits per heavy atom. The molecule has 0 N–H and O–H groups in total. The van der Waals surface area contributed by atoms with E-state index in [1.807, 2.05) is 0 Å². The highest BCUT2D eigenvalue weighted by Gasteiger charge is 2.46. The van der Waals surface area contributed by atoms with Gasteiger partial charge < -0.3 is 0 Å². The van der Waals surface area contributed by atoms with Crippen LogP contribution in [0.4, 0.5) is 0 Å². The Hall–Kier alpha value is -2.64. The van der Waals surface area contributed by atoms with Crippen LogP contribution in [0.25, 0.3) is 0 Å². The van der Waals surface area contributed by atoms with Gasteiger partial charge in [-0.3, -0.25) is 0 Å². The lowest BCUT2D eigenvalue weighted by Gasteiger charge is -2.39. The zero-order valence-electron chi connectivity index (χ0n) is 30.9. The summed E-state index contributed by atoms with van der Waals surface area (Å²) >= 11 is 0. The van der Waals surface area contributed by atoms with Crippen LogP contribution in [0.5, 0.6) is 0 Å². The smallest absolute Gasteiger partial charge is 0.0805 e. The number of hydrogen-bond donors (Lipinski definition) is 0. The minimum absolute atomic E-state index is 0.474. The lowest BCUT2D eigenvalue weighted by atomic mass is 9.95. The first-order valence-corrected chi connectivity index (χ1v) is 20.1. The van der Waals surface area contributed by atoms with Crippen LogP contribution in [0.2, 0.25) is 0 Å². The minimum Gasteiger partial charge on any atom is -0.0805 e. The summed E-state index contributed by atoms with van der Waals surface area (Å²) in [4.78, 5) is 0. The van der Waals surface area contributed by atoms with Crippen LogP contribution in [-0.2, 0) is 0 Å². The first-order chi connectivity index (χ1) is 21.2. The van der Waals surface area contributed by atoms with E-state index in [9.17, 15) is 0 Å². The van der Waals surface area contributed by atoms with Crippen LogP contribution in [0, 0.1) is 0 Å². The maximum atomic E-state index is 2.64. The molecule has 3 aromatic rings. The quantitative estimate of drug-likeness (QED) is 0.140. The van der Waals surface area contributed by atoms with Crippen molar-refractivity contribution in [1.29, 1.82) is 0 Å². The van der Waals surface area contributed by atoms with Crippen molar-refractivity contribution in [2.45, 2.75) is 145 Å². The van der Waals surface area contributed by atoms with Crippen molar-refractivity contribution in [3.63, 3.8) is 0 Å². The van der Waals surface area contributed by atoms with E-state index < -0.39 is 8.07 Å². The molecule has 0 spiro atoms. The van der Waals surface area contributed by atoms with Gasteiger partial charge >= 0.3 is 0 Å². The van der Waals surface area contributed by atoms with Gasteiger partial charge in [0.15, 0.2) is 8.07 Å². The van der Waals surface area contributed by atoms with Gasteiger partial charge in [-0.1, -0.05) is 174 Å². The first-order valence-electron chi connectivity index (χ1n) is 18.1. The Morgan fingerprint density at radius 3 is 1.00 bits per heavy atom. The molecule has 1 heteroatoms. The average Bonchev–Trinajstić information content (AvgIpc) is 3.45. The van der Waals surface area contributed by atoms with Gasteiger partial charge in [-0.25, -0.2) is 0 Å². The highest BCUT2D eigenvalue weighted by atomic mass is 28.3. The van der Waals surface area contributed by atoms with E-state index in [4.69, 9.17) is 0 Å². The Balaban J connectivity index is 2.36. The first kappa shape index (κ1) is 35.2. The van der Waals surface area contributed by atoms with Gasteiger partial charge in [0.25, 0.3) is 0 Å². The predicted molar refractivity (Wildman–Crippen MR) is 204 cm³/mol. The van der Waals surface area contributed by atoms with E-state index in [-0.39, 0.29) is 0 Å². The van der Waals surface area contributed by atoms with E-state index in [0.29, 0.717) is 35.5 Å². The highest BCUT2D eigenvalue weighted by molar-refractivity contribution is 7.16. The monoisotopic (exact) mass is 618 g/mol. The third-order valence-corrected chi connectivity index (χ3v) is 15.1. The normalized spacial score (nSPS) is 14.1. The van der Waals surface area contributed by atoms with Crippen LogP contribution in [-0.4, -0.2) is 8.07 Å². The van der Waals surface area contributed by atoms with Gasteiger partial charge in [0.2, 0.25) is 0 Å².